The Morgan fingerprint density at radius 1 is 1.33 bits per heavy atom. The normalized spacial score (nSPS) is 17.5. The molecule has 2 rings (SSSR count). The van der Waals surface area contributed by atoms with Gasteiger partial charge in [-0.25, -0.2) is 0 Å². The molecule has 1 saturated heterocycles. The number of rotatable bonds is 4. The van der Waals surface area contributed by atoms with E-state index < -0.39 is 0 Å². The first kappa shape index (κ1) is 17.5. The molecule has 3 N–H and O–H groups in total. The van der Waals surface area contributed by atoms with E-state index in [9.17, 15) is 9.59 Å². The molecule has 1 aliphatic rings. The average molecular weight is 312 g/mol. The highest BCUT2D eigenvalue weighted by molar-refractivity contribution is 5.94. The Balaban J connectivity index is 0.00000220. The molecule has 0 bridgehead atoms. The van der Waals surface area contributed by atoms with Crippen LogP contribution >= 0.6 is 12.4 Å². The molecule has 1 unspecified atom stereocenters. The van der Waals surface area contributed by atoms with Crippen LogP contribution < -0.4 is 16.0 Å². The molecule has 1 atom stereocenters. The van der Waals surface area contributed by atoms with Crippen molar-refractivity contribution in [3.63, 3.8) is 0 Å². The van der Waals surface area contributed by atoms with Crippen LogP contribution in [-0.2, 0) is 11.3 Å². The molecule has 1 aromatic carbocycles. The van der Waals surface area contributed by atoms with Crippen LogP contribution in [0.3, 0.4) is 0 Å². The Hall–Kier alpha value is -1.59. The zero-order valence-electron chi connectivity index (χ0n) is 12.1. The van der Waals surface area contributed by atoms with Crippen molar-refractivity contribution in [1.29, 1.82) is 0 Å². The van der Waals surface area contributed by atoms with Gasteiger partial charge in [0.15, 0.2) is 0 Å². The summed E-state index contributed by atoms with van der Waals surface area (Å²) in [6.07, 6.45) is 3.12. The zero-order valence-corrected chi connectivity index (χ0v) is 13.0. The van der Waals surface area contributed by atoms with E-state index in [1.54, 1.807) is 19.2 Å². The Kier molecular flexibility index (Phi) is 7.19. The number of halogens is 1. The summed E-state index contributed by atoms with van der Waals surface area (Å²) >= 11 is 0. The largest absolute Gasteiger partial charge is 0.355 e. The summed E-state index contributed by atoms with van der Waals surface area (Å²) in [6, 6.07) is 7.21. The molecule has 116 valence electrons. The maximum atomic E-state index is 12.0. The van der Waals surface area contributed by atoms with Gasteiger partial charge in [-0.15, -0.1) is 12.4 Å². The van der Waals surface area contributed by atoms with Crippen LogP contribution in [0.15, 0.2) is 24.3 Å². The number of nitrogens with one attached hydrogen (secondary N) is 3. The quantitative estimate of drug-likeness (QED) is 0.783. The number of piperidine rings is 1. The highest BCUT2D eigenvalue weighted by Crippen LogP contribution is 2.08. The molecule has 0 spiro atoms. The molecule has 2 amide bonds. The fourth-order valence-corrected chi connectivity index (χ4v) is 2.35. The van der Waals surface area contributed by atoms with Gasteiger partial charge in [0.05, 0.1) is 6.04 Å². The first-order valence-corrected chi connectivity index (χ1v) is 7.03. The second-order valence-corrected chi connectivity index (χ2v) is 5.00. The van der Waals surface area contributed by atoms with Crippen molar-refractivity contribution in [1.82, 2.24) is 16.0 Å². The molecule has 6 heteroatoms. The molecular formula is C15H22ClN3O2. The van der Waals surface area contributed by atoms with Gasteiger partial charge in [-0.3, -0.25) is 9.59 Å². The highest BCUT2D eigenvalue weighted by Gasteiger charge is 2.19. The van der Waals surface area contributed by atoms with Crippen molar-refractivity contribution in [2.45, 2.75) is 31.8 Å². The third-order valence-electron chi connectivity index (χ3n) is 3.51. The van der Waals surface area contributed by atoms with Gasteiger partial charge in [0.2, 0.25) is 5.91 Å². The molecule has 21 heavy (non-hydrogen) atoms. The van der Waals surface area contributed by atoms with Gasteiger partial charge in [0, 0.05) is 19.2 Å². The standard InChI is InChI=1S/C15H21N3O2.ClH/c1-16-14(19)12-6-4-5-11(9-12)10-18-15(20)13-7-2-3-8-17-13;/h4-6,9,13,17H,2-3,7-8,10H2,1H3,(H,16,19)(H,18,20);1H. The monoisotopic (exact) mass is 311 g/mol. The highest BCUT2D eigenvalue weighted by atomic mass is 35.5. The first-order valence-electron chi connectivity index (χ1n) is 7.03. The fraction of sp³-hybridized carbons (Fsp3) is 0.467. The van der Waals surface area contributed by atoms with Crippen LogP contribution in [0.25, 0.3) is 0 Å². The molecule has 1 aliphatic heterocycles. The maximum Gasteiger partial charge on any atom is 0.251 e. The topological polar surface area (TPSA) is 70.2 Å². The second kappa shape index (κ2) is 8.64. The number of carbonyl (C=O) groups excluding carboxylic acids is 2. The first-order chi connectivity index (χ1) is 9.70. The van der Waals surface area contributed by atoms with Gasteiger partial charge < -0.3 is 16.0 Å². The van der Waals surface area contributed by atoms with Gasteiger partial charge in [0.1, 0.15) is 0 Å². The SMILES string of the molecule is CNC(=O)c1cccc(CNC(=O)C2CCCCN2)c1.Cl. The van der Waals surface area contributed by atoms with Crippen molar-refractivity contribution >= 4 is 24.2 Å². The third kappa shape index (κ3) is 5.02. The van der Waals surface area contributed by atoms with Crippen LogP contribution in [-0.4, -0.2) is 31.4 Å². The van der Waals surface area contributed by atoms with Crippen molar-refractivity contribution in [2.75, 3.05) is 13.6 Å². The lowest BCUT2D eigenvalue weighted by molar-refractivity contribution is -0.123. The molecular weight excluding hydrogens is 290 g/mol. The van der Waals surface area contributed by atoms with E-state index in [2.05, 4.69) is 16.0 Å². The van der Waals surface area contributed by atoms with Crippen molar-refractivity contribution in [3.8, 4) is 0 Å². The Morgan fingerprint density at radius 2 is 2.14 bits per heavy atom. The van der Waals surface area contributed by atoms with Crippen molar-refractivity contribution in [3.05, 3.63) is 35.4 Å². The van der Waals surface area contributed by atoms with E-state index in [1.807, 2.05) is 12.1 Å². The average Bonchev–Trinajstić information content (AvgIpc) is 2.53. The van der Waals surface area contributed by atoms with Crippen LogP contribution in [0.1, 0.15) is 35.2 Å². The van der Waals surface area contributed by atoms with E-state index in [0.717, 1.165) is 31.4 Å². The Morgan fingerprint density at radius 3 is 2.81 bits per heavy atom. The zero-order chi connectivity index (χ0) is 14.4. The molecule has 1 heterocycles. The van der Waals surface area contributed by atoms with Crippen molar-refractivity contribution < 1.29 is 9.59 Å². The van der Waals surface area contributed by atoms with E-state index in [0.29, 0.717) is 12.1 Å². The summed E-state index contributed by atoms with van der Waals surface area (Å²) in [7, 11) is 1.60. The summed E-state index contributed by atoms with van der Waals surface area (Å²) in [5.41, 5.74) is 1.53. The van der Waals surface area contributed by atoms with Gasteiger partial charge in [-0.05, 0) is 37.1 Å². The third-order valence-corrected chi connectivity index (χ3v) is 3.51. The lowest BCUT2D eigenvalue weighted by atomic mass is 10.0. The maximum absolute atomic E-state index is 12.0. The summed E-state index contributed by atoms with van der Waals surface area (Å²) in [5, 5.41) is 8.73. The molecule has 0 radical (unpaired) electrons. The number of hydrogen-bond acceptors (Lipinski definition) is 3. The van der Waals surface area contributed by atoms with Crippen LogP contribution in [0, 0.1) is 0 Å². The number of hydrogen-bond donors (Lipinski definition) is 3. The summed E-state index contributed by atoms with van der Waals surface area (Å²) in [5.74, 6) is -0.0813. The van der Waals surface area contributed by atoms with Crippen LogP contribution in [0.2, 0.25) is 0 Å². The molecule has 0 aromatic heterocycles. The van der Waals surface area contributed by atoms with Gasteiger partial charge in [-0.2, -0.15) is 0 Å². The fourth-order valence-electron chi connectivity index (χ4n) is 2.35. The second-order valence-electron chi connectivity index (χ2n) is 5.00. The minimum atomic E-state index is -0.118. The smallest absolute Gasteiger partial charge is 0.251 e. The van der Waals surface area contributed by atoms with E-state index >= 15 is 0 Å². The van der Waals surface area contributed by atoms with Crippen LogP contribution in [0.5, 0.6) is 0 Å². The number of amides is 2. The Bertz CT molecular complexity index is 488. The van der Waals surface area contributed by atoms with E-state index in [1.165, 1.54) is 0 Å². The van der Waals surface area contributed by atoms with Crippen molar-refractivity contribution in [2.24, 2.45) is 0 Å². The number of carbonyl (C=O) groups is 2. The number of benzene rings is 1. The van der Waals surface area contributed by atoms with E-state index in [4.69, 9.17) is 0 Å². The predicted octanol–water partition coefficient (Wildman–Crippen LogP) is 1.23. The van der Waals surface area contributed by atoms with Crippen LogP contribution in [0.4, 0.5) is 0 Å². The molecule has 1 fully saturated rings. The van der Waals surface area contributed by atoms with Gasteiger partial charge >= 0.3 is 0 Å². The summed E-state index contributed by atoms with van der Waals surface area (Å²) < 4.78 is 0. The molecule has 1 aromatic rings. The lowest BCUT2D eigenvalue weighted by Crippen LogP contribution is -2.46. The van der Waals surface area contributed by atoms with E-state index in [-0.39, 0.29) is 30.3 Å². The Labute approximate surface area is 131 Å². The van der Waals surface area contributed by atoms with Gasteiger partial charge in [0.25, 0.3) is 5.91 Å². The van der Waals surface area contributed by atoms with Gasteiger partial charge in [-0.1, -0.05) is 18.6 Å². The summed E-state index contributed by atoms with van der Waals surface area (Å²) in [6.45, 7) is 1.35. The molecule has 0 saturated carbocycles. The minimum absolute atomic E-state index is 0. The summed E-state index contributed by atoms with van der Waals surface area (Å²) in [4.78, 5) is 23.5. The molecule has 0 aliphatic carbocycles. The predicted molar refractivity (Wildman–Crippen MR) is 84.6 cm³/mol. The lowest BCUT2D eigenvalue weighted by Gasteiger charge is -2.22. The molecule has 5 nitrogen and oxygen atoms in total. The minimum Gasteiger partial charge on any atom is -0.355 e.